The quantitative estimate of drug-likeness (QED) is 0.573. The van der Waals surface area contributed by atoms with E-state index in [-0.39, 0.29) is 0 Å². The van der Waals surface area contributed by atoms with Gasteiger partial charge >= 0.3 is 0 Å². The molecule has 1 unspecified atom stereocenters. The normalized spacial score (nSPS) is 12.4. The number of allylic oxidation sites excluding steroid dienone is 2. The van der Waals surface area contributed by atoms with Crippen molar-refractivity contribution in [3.8, 4) is 11.8 Å². The summed E-state index contributed by atoms with van der Waals surface area (Å²) in [7, 11) is 0. The van der Waals surface area contributed by atoms with Crippen LogP contribution in [0.25, 0.3) is 0 Å². The molecule has 0 amide bonds. The summed E-state index contributed by atoms with van der Waals surface area (Å²) in [5.74, 6) is 8.35. The van der Waals surface area contributed by atoms with Crippen LogP contribution in [0.2, 0.25) is 0 Å². The lowest BCUT2D eigenvalue weighted by molar-refractivity contribution is 0.519. The summed E-state index contributed by atoms with van der Waals surface area (Å²) in [6.45, 7) is 15.3. The Kier molecular flexibility index (Phi) is 5.62. The van der Waals surface area contributed by atoms with E-state index in [0.29, 0.717) is 17.8 Å². The molecule has 0 bridgehead atoms. The van der Waals surface area contributed by atoms with Crippen LogP contribution in [-0.4, -0.2) is 0 Å². The van der Waals surface area contributed by atoms with E-state index in [4.69, 9.17) is 0 Å². The fourth-order valence-corrected chi connectivity index (χ4v) is 1.20. The molecule has 0 N–H and O–H groups in total. The molecule has 0 aliphatic carbocycles. The molecule has 0 fully saturated rings. The molecule has 0 nitrogen and oxygen atoms in total. The molecule has 0 radical (unpaired) electrons. The second-order valence-electron chi connectivity index (χ2n) is 4.87. The predicted molar refractivity (Wildman–Crippen MR) is 65.0 cm³/mol. The minimum absolute atomic E-state index is 0.489. The van der Waals surface area contributed by atoms with E-state index in [2.05, 4.69) is 60.3 Å². The van der Waals surface area contributed by atoms with Crippen molar-refractivity contribution >= 4 is 0 Å². The van der Waals surface area contributed by atoms with Gasteiger partial charge in [0.05, 0.1) is 0 Å². The molecular weight excluding hydrogens is 168 g/mol. The number of hydrogen-bond acceptors (Lipinski definition) is 0. The fourth-order valence-electron chi connectivity index (χ4n) is 1.20. The van der Waals surface area contributed by atoms with Crippen molar-refractivity contribution in [1.82, 2.24) is 0 Å². The zero-order chi connectivity index (χ0) is 11.3. The maximum Gasteiger partial charge on any atom is 0.0201 e. The maximum absolute atomic E-state index is 3.34. The van der Waals surface area contributed by atoms with Crippen LogP contribution in [0.5, 0.6) is 0 Å². The van der Waals surface area contributed by atoms with Crippen LogP contribution in [0.1, 0.15) is 48.5 Å². The minimum atomic E-state index is 0.489. The van der Waals surface area contributed by atoms with Crippen LogP contribution >= 0.6 is 0 Å². The largest absolute Gasteiger partial charge is 0.0948 e. The smallest absolute Gasteiger partial charge is 0.0201 e. The molecule has 0 aliphatic rings. The molecule has 0 aromatic heterocycles. The Bertz CT molecular complexity index is 251. The molecule has 14 heavy (non-hydrogen) atoms. The Morgan fingerprint density at radius 1 is 0.929 bits per heavy atom. The molecule has 1 atom stereocenters. The molecule has 0 heteroatoms. The van der Waals surface area contributed by atoms with Crippen molar-refractivity contribution in [2.45, 2.75) is 48.5 Å². The van der Waals surface area contributed by atoms with Gasteiger partial charge in [0.15, 0.2) is 0 Å². The van der Waals surface area contributed by atoms with Crippen molar-refractivity contribution < 1.29 is 0 Å². The average molecular weight is 192 g/mol. The molecular formula is C14H24. The summed E-state index contributed by atoms with van der Waals surface area (Å²) in [6.07, 6.45) is 0. The van der Waals surface area contributed by atoms with Gasteiger partial charge in [0.25, 0.3) is 0 Å². The van der Waals surface area contributed by atoms with Crippen LogP contribution in [0.15, 0.2) is 11.1 Å². The topological polar surface area (TPSA) is 0 Å². The molecule has 0 aliphatic heterocycles. The highest BCUT2D eigenvalue weighted by atomic mass is 14.1. The SMILES string of the molecule is CC(C)=C(C#CC(C)C(C)C)C(C)C. The van der Waals surface area contributed by atoms with Crippen molar-refractivity contribution in [2.75, 3.05) is 0 Å². The highest BCUT2D eigenvalue weighted by molar-refractivity contribution is 5.34. The van der Waals surface area contributed by atoms with Gasteiger partial charge in [-0.2, -0.15) is 0 Å². The summed E-state index contributed by atoms with van der Waals surface area (Å²) < 4.78 is 0. The highest BCUT2D eigenvalue weighted by Gasteiger charge is 2.04. The predicted octanol–water partition coefficient (Wildman–Crippen LogP) is 4.27. The Labute approximate surface area is 89.8 Å². The van der Waals surface area contributed by atoms with Gasteiger partial charge in [-0.1, -0.05) is 52.0 Å². The Hall–Kier alpha value is -0.700. The van der Waals surface area contributed by atoms with Gasteiger partial charge in [0, 0.05) is 11.5 Å². The molecule has 0 aromatic rings. The first-order chi connectivity index (χ1) is 6.36. The van der Waals surface area contributed by atoms with E-state index in [1.54, 1.807) is 0 Å². The first-order valence-electron chi connectivity index (χ1n) is 5.55. The van der Waals surface area contributed by atoms with Gasteiger partial charge in [-0.15, -0.1) is 0 Å². The number of rotatable bonds is 2. The van der Waals surface area contributed by atoms with Crippen LogP contribution in [0, 0.1) is 29.6 Å². The van der Waals surface area contributed by atoms with Crippen LogP contribution in [-0.2, 0) is 0 Å². The molecule has 80 valence electrons. The van der Waals surface area contributed by atoms with Crippen LogP contribution in [0.3, 0.4) is 0 Å². The summed E-state index contributed by atoms with van der Waals surface area (Å²) >= 11 is 0. The van der Waals surface area contributed by atoms with Gasteiger partial charge < -0.3 is 0 Å². The average Bonchev–Trinajstić information content (AvgIpc) is 2.02. The summed E-state index contributed by atoms with van der Waals surface area (Å²) in [5, 5.41) is 0. The number of hydrogen-bond donors (Lipinski definition) is 0. The Morgan fingerprint density at radius 3 is 1.71 bits per heavy atom. The van der Waals surface area contributed by atoms with Crippen LogP contribution < -0.4 is 0 Å². The maximum atomic E-state index is 3.34. The summed E-state index contributed by atoms with van der Waals surface area (Å²) in [6, 6.07) is 0. The zero-order valence-electron chi connectivity index (χ0n) is 10.7. The van der Waals surface area contributed by atoms with Gasteiger partial charge in [-0.05, 0) is 25.7 Å². The second-order valence-corrected chi connectivity index (χ2v) is 4.87. The molecule has 0 heterocycles. The van der Waals surface area contributed by atoms with Crippen LogP contribution in [0.4, 0.5) is 0 Å². The molecule has 0 aromatic carbocycles. The van der Waals surface area contributed by atoms with E-state index in [1.165, 1.54) is 11.1 Å². The first-order valence-corrected chi connectivity index (χ1v) is 5.55. The monoisotopic (exact) mass is 192 g/mol. The lowest BCUT2D eigenvalue weighted by Crippen LogP contribution is -2.01. The van der Waals surface area contributed by atoms with E-state index in [1.807, 2.05) is 0 Å². The first kappa shape index (κ1) is 13.3. The Balaban J connectivity index is 4.70. The van der Waals surface area contributed by atoms with E-state index < -0.39 is 0 Å². The molecule has 0 rings (SSSR count). The minimum Gasteiger partial charge on any atom is -0.0948 e. The van der Waals surface area contributed by atoms with Crippen molar-refractivity contribution in [2.24, 2.45) is 17.8 Å². The van der Waals surface area contributed by atoms with Gasteiger partial charge in [-0.3, -0.25) is 0 Å². The fraction of sp³-hybridized carbons (Fsp3) is 0.714. The van der Waals surface area contributed by atoms with E-state index in [0.717, 1.165) is 0 Å². The van der Waals surface area contributed by atoms with Gasteiger partial charge in [-0.25, -0.2) is 0 Å². The highest BCUT2D eigenvalue weighted by Crippen LogP contribution is 2.14. The molecule has 0 spiro atoms. The standard InChI is InChI=1S/C14H24/c1-10(2)13(7)8-9-14(11(3)4)12(5)6/h10-11,13H,1-7H3. The summed E-state index contributed by atoms with van der Waals surface area (Å²) in [5.41, 5.74) is 2.65. The van der Waals surface area contributed by atoms with Crippen molar-refractivity contribution in [1.29, 1.82) is 0 Å². The Morgan fingerprint density at radius 2 is 1.43 bits per heavy atom. The lowest BCUT2D eigenvalue weighted by atomic mass is 9.95. The van der Waals surface area contributed by atoms with Gasteiger partial charge in [0.1, 0.15) is 0 Å². The van der Waals surface area contributed by atoms with Gasteiger partial charge in [0.2, 0.25) is 0 Å². The van der Waals surface area contributed by atoms with E-state index >= 15 is 0 Å². The van der Waals surface area contributed by atoms with Crippen molar-refractivity contribution in [3.05, 3.63) is 11.1 Å². The summed E-state index contributed by atoms with van der Waals surface area (Å²) in [4.78, 5) is 0. The third-order valence-corrected chi connectivity index (χ3v) is 2.55. The molecule has 0 saturated heterocycles. The third-order valence-electron chi connectivity index (χ3n) is 2.55. The third kappa shape index (κ3) is 4.51. The second kappa shape index (κ2) is 5.91. The zero-order valence-corrected chi connectivity index (χ0v) is 10.7. The lowest BCUT2D eigenvalue weighted by Gasteiger charge is -2.09. The van der Waals surface area contributed by atoms with E-state index in [9.17, 15) is 0 Å². The molecule has 0 saturated carbocycles. The van der Waals surface area contributed by atoms with Crippen molar-refractivity contribution in [3.63, 3.8) is 0 Å².